The summed E-state index contributed by atoms with van der Waals surface area (Å²) in [5, 5.41) is 0.604. The van der Waals surface area contributed by atoms with Crippen molar-refractivity contribution >= 4 is 11.0 Å². The van der Waals surface area contributed by atoms with E-state index in [2.05, 4.69) is 0 Å². The van der Waals surface area contributed by atoms with Crippen molar-refractivity contribution < 1.29 is 4.42 Å². The molecule has 3 nitrogen and oxygen atoms in total. The Balaban J connectivity index is 2.84. The van der Waals surface area contributed by atoms with Crippen molar-refractivity contribution in [2.75, 3.05) is 0 Å². The Bertz CT molecular complexity index is 528. The highest BCUT2D eigenvalue weighted by atomic mass is 16.3. The Morgan fingerprint density at radius 1 is 1.36 bits per heavy atom. The molecule has 3 heteroatoms. The number of nitrogens with two attached hydrogens (primary N) is 1. The molecule has 2 aromatic rings. The molecule has 2 rings (SSSR count). The van der Waals surface area contributed by atoms with Crippen LogP contribution in [0.15, 0.2) is 33.5 Å². The van der Waals surface area contributed by atoms with E-state index in [1.54, 1.807) is 6.07 Å². The molecule has 72 valence electrons. The third-order valence-corrected chi connectivity index (χ3v) is 2.14. The second kappa shape index (κ2) is 3.27. The van der Waals surface area contributed by atoms with Gasteiger partial charge in [0, 0.05) is 6.07 Å². The van der Waals surface area contributed by atoms with E-state index in [-0.39, 0.29) is 12.0 Å². The summed E-state index contributed by atoms with van der Waals surface area (Å²) in [6.07, 6.45) is 0. The lowest BCUT2D eigenvalue weighted by molar-refractivity contribution is 0.539. The first kappa shape index (κ1) is 8.97. The fourth-order valence-electron chi connectivity index (χ4n) is 1.41. The molecule has 1 aromatic heterocycles. The topological polar surface area (TPSA) is 56.2 Å². The highest BCUT2D eigenvalue weighted by molar-refractivity contribution is 5.77. The lowest BCUT2D eigenvalue weighted by Crippen LogP contribution is -2.05. The second-order valence-corrected chi connectivity index (χ2v) is 3.28. The normalized spacial score (nSPS) is 10.7. The van der Waals surface area contributed by atoms with Gasteiger partial charge in [-0.05, 0) is 24.6 Å². The predicted octanol–water partition coefficient (Wildman–Crippen LogP) is 1.56. The molecule has 0 bridgehead atoms. The minimum Gasteiger partial charge on any atom is -0.459 e. The molecular formula is C11H11NO2. The molecule has 14 heavy (non-hydrogen) atoms. The zero-order chi connectivity index (χ0) is 10.1. The van der Waals surface area contributed by atoms with E-state index < -0.39 is 0 Å². The molecule has 0 unspecified atom stereocenters. The molecule has 0 aliphatic rings. The van der Waals surface area contributed by atoms with Gasteiger partial charge >= 0.3 is 0 Å². The van der Waals surface area contributed by atoms with Gasteiger partial charge in [0.15, 0.2) is 5.43 Å². The van der Waals surface area contributed by atoms with Crippen LogP contribution in [0.4, 0.5) is 0 Å². The van der Waals surface area contributed by atoms with Crippen LogP contribution >= 0.6 is 0 Å². The van der Waals surface area contributed by atoms with Crippen molar-refractivity contribution in [3.8, 4) is 0 Å². The molecule has 1 heterocycles. The fraction of sp³-hybridized carbons (Fsp3) is 0.182. The Morgan fingerprint density at radius 2 is 2.14 bits per heavy atom. The molecular weight excluding hydrogens is 178 g/mol. The standard InChI is InChI=1S/C11H11NO2/c1-7-2-3-9-10(13)5-8(6-12)14-11(9)4-7/h2-5H,6,12H2,1H3. The van der Waals surface area contributed by atoms with Crippen LogP contribution in [0.25, 0.3) is 11.0 Å². The molecule has 1 aromatic carbocycles. The average Bonchev–Trinajstić information content (AvgIpc) is 2.16. The van der Waals surface area contributed by atoms with Gasteiger partial charge < -0.3 is 10.2 Å². The molecule has 0 aliphatic carbocycles. The van der Waals surface area contributed by atoms with E-state index in [4.69, 9.17) is 10.2 Å². The van der Waals surface area contributed by atoms with Crippen molar-refractivity contribution in [3.63, 3.8) is 0 Å². The summed E-state index contributed by atoms with van der Waals surface area (Å²) in [5.74, 6) is 0.521. The molecule has 0 fully saturated rings. The Kier molecular flexibility index (Phi) is 2.09. The lowest BCUT2D eigenvalue weighted by atomic mass is 10.1. The summed E-state index contributed by atoms with van der Waals surface area (Å²) in [5.41, 5.74) is 7.05. The highest BCUT2D eigenvalue weighted by Crippen LogP contribution is 2.13. The molecule has 0 atom stereocenters. The quantitative estimate of drug-likeness (QED) is 0.740. The number of benzene rings is 1. The first-order valence-electron chi connectivity index (χ1n) is 4.44. The summed E-state index contributed by atoms with van der Waals surface area (Å²) in [6.45, 7) is 2.20. The van der Waals surface area contributed by atoms with Crippen molar-refractivity contribution in [2.24, 2.45) is 5.73 Å². The van der Waals surface area contributed by atoms with Gasteiger partial charge in [-0.1, -0.05) is 6.07 Å². The van der Waals surface area contributed by atoms with E-state index in [1.165, 1.54) is 6.07 Å². The first-order chi connectivity index (χ1) is 6.70. The van der Waals surface area contributed by atoms with Gasteiger partial charge in [-0.2, -0.15) is 0 Å². The summed E-state index contributed by atoms with van der Waals surface area (Å²) in [7, 11) is 0. The smallest absolute Gasteiger partial charge is 0.192 e. The van der Waals surface area contributed by atoms with Crippen LogP contribution in [0.1, 0.15) is 11.3 Å². The van der Waals surface area contributed by atoms with E-state index in [1.807, 2.05) is 19.1 Å². The van der Waals surface area contributed by atoms with Crippen LogP contribution in [0.2, 0.25) is 0 Å². The van der Waals surface area contributed by atoms with Gasteiger partial charge in [0.2, 0.25) is 0 Å². The minimum absolute atomic E-state index is 0.0355. The largest absolute Gasteiger partial charge is 0.459 e. The molecule has 0 spiro atoms. The SMILES string of the molecule is Cc1ccc2c(=O)cc(CN)oc2c1. The lowest BCUT2D eigenvalue weighted by Gasteiger charge is -2.00. The third kappa shape index (κ3) is 1.42. The minimum atomic E-state index is -0.0355. The maximum Gasteiger partial charge on any atom is 0.192 e. The van der Waals surface area contributed by atoms with E-state index in [0.717, 1.165) is 5.56 Å². The second-order valence-electron chi connectivity index (χ2n) is 3.28. The van der Waals surface area contributed by atoms with Crippen LogP contribution in [0.3, 0.4) is 0 Å². The van der Waals surface area contributed by atoms with Gasteiger partial charge in [0.05, 0.1) is 11.9 Å². The average molecular weight is 189 g/mol. The van der Waals surface area contributed by atoms with Crippen LogP contribution in [0.5, 0.6) is 0 Å². The summed E-state index contributed by atoms with van der Waals surface area (Å²) in [6, 6.07) is 6.95. The van der Waals surface area contributed by atoms with Crippen molar-refractivity contribution in [1.29, 1.82) is 0 Å². The Hall–Kier alpha value is -1.61. The third-order valence-electron chi connectivity index (χ3n) is 2.14. The van der Waals surface area contributed by atoms with Crippen LogP contribution in [-0.2, 0) is 6.54 Å². The molecule has 2 N–H and O–H groups in total. The van der Waals surface area contributed by atoms with Crippen molar-refractivity contribution in [2.45, 2.75) is 13.5 Å². The highest BCUT2D eigenvalue weighted by Gasteiger charge is 2.02. The maximum absolute atomic E-state index is 11.6. The zero-order valence-corrected chi connectivity index (χ0v) is 7.91. The van der Waals surface area contributed by atoms with Crippen LogP contribution in [0, 0.1) is 6.92 Å². The van der Waals surface area contributed by atoms with Crippen molar-refractivity contribution in [3.05, 3.63) is 45.8 Å². The van der Waals surface area contributed by atoms with E-state index >= 15 is 0 Å². The molecule has 0 saturated heterocycles. The monoisotopic (exact) mass is 189 g/mol. The van der Waals surface area contributed by atoms with Gasteiger partial charge in [-0.15, -0.1) is 0 Å². The van der Waals surface area contributed by atoms with Crippen molar-refractivity contribution in [1.82, 2.24) is 0 Å². The predicted molar refractivity (Wildman–Crippen MR) is 55.1 cm³/mol. The molecule has 0 radical (unpaired) electrons. The number of hydrogen-bond acceptors (Lipinski definition) is 3. The summed E-state index contributed by atoms with van der Waals surface area (Å²) >= 11 is 0. The van der Waals surface area contributed by atoms with E-state index in [9.17, 15) is 4.79 Å². The van der Waals surface area contributed by atoms with Gasteiger partial charge in [-0.25, -0.2) is 0 Å². The molecule has 0 saturated carbocycles. The van der Waals surface area contributed by atoms with Gasteiger partial charge in [0.25, 0.3) is 0 Å². The summed E-state index contributed by atoms with van der Waals surface area (Å²) < 4.78 is 5.45. The number of rotatable bonds is 1. The molecule has 0 amide bonds. The maximum atomic E-state index is 11.6. The summed E-state index contributed by atoms with van der Waals surface area (Å²) in [4.78, 5) is 11.6. The van der Waals surface area contributed by atoms with Gasteiger partial charge in [-0.3, -0.25) is 4.79 Å². The number of aryl methyl sites for hydroxylation is 1. The number of fused-ring (bicyclic) bond motifs is 1. The van der Waals surface area contributed by atoms with Crippen LogP contribution in [-0.4, -0.2) is 0 Å². The Labute approximate surface area is 81.1 Å². The Morgan fingerprint density at radius 3 is 2.86 bits per heavy atom. The van der Waals surface area contributed by atoms with E-state index in [0.29, 0.717) is 16.7 Å². The first-order valence-corrected chi connectivity index (χ1v) is 4.44. The number of hydrogen-bond donors (Lipinski definition) is 1. The zero-order valence-electron chi connectivity index (χ0n) is 7.91. The molecule has 0 aliphatic heterocycles. The van der Waals surface area contributed by atoms with Crippen LogP contribution < -0.4 is 11.2 Å². The fourth-order valence-corrected chi connectivity index (χ4v) is 1.41. The van der Waals surface area contributed by atoms with Gasteiger partial charge in [0.1, 0.15) is 11.3 Å².